The molecule has 170 valence electrons. The fourth-order valence-electron chi connectivity index (χ4n) is 4.72. The molecule has 1 amide bonds. The van der Waals surface area contributed by atoms with Gasteiger partial charge >= 0.3 is 6.09 Å². The van der Waals surface area contributed by atoms with Crippen molar-refractivity contribution >= 4 is 45.3 Å². The Morgan fingerprint density at radius 1 is 1.18 bits per heavy atom. The molecule has 10 heteroatoms. The average Bonchev–Trinajstić information content (AvgIpc) is 3.25. The van der Waals surface area contributed by atoms with E-state index in [1.807, 2.05) is 37.8 Å². The number of amides is 1. The molecule has 0 spiro atoms. The second-order valence-electron chi connectivity index (χ2n) is 8.51. The number of aryl methyl sites for hydroxylation is 1. The van der Waals surface area contributed by atoms with Gasteiger partial charge in [-0.05, 0) is 38.5 Å². The number of hydrogen-bond donors (Lipinski definition) is 2. The molecule has 8 nitrogen and oxygen atoms in total. The van der Waals surface area contributed by atoms with Crippen LogP contribution < -0.4 is 4.90 Å². The van der Waals surface area contributed by atoms with Crippen LogP contribution in [0.5, 0.6) is 0 Å². The van der Waals surface area contributed by atoms with Crippen molar-refractivity contribution in [3.8, 4) is 11.1 Å². The number of hydrogen-bond acceptors (Lipinski definition) is 5. The van der Waals surface area contributed by atoms with Crippen molar-refractivity contribution in [3.63, 3.8) is 0 Å². The Morgan fingerprint density at radius 2 is 1.97 bits per heavy atom. The van der Waals surface area contributed by atoms with Gasteiger partial charge in [0.15, 0.2) is 5.82 Å². The summed E-state index contributed by atoms with van der Waals surface area (Å²) in [6.07, 6.45) is 2.04. The normalized spacial score (nSPS) is 18.9. The van der Waals surface area contributed by atoms with Gasteiger partial charge in [-0.3, -0.25) is 5.10 Å². The lowest BCUT2D eigenvalue weighted by Crippen LogP contribution is -2.58. The zero-order chi connectivity index (χ0) is 23.4. The van der Waals surface area contributed by atoms with Crippen LogP contribution in [0.3, 0.4) is 0 Å². The van der Waals surface area contributed by atoms with Gasteiger partial charge in [0.05, 0.1) is 16.7 Å². The summed E-state index contributed by atoms with van der Waals surface area (Å²) in [6.45, 7) is 6.41. The Bertz CT molecular complexity index is 1410. The Kier molecular flexibility index (Phi) is 5.08. The average molecular weight is 469 g/mol. The molecule has 5 rings (SSSR count). The standard InChI is InChI=1S/C23H22ClFN6O2/c1-11-4-5-17-15(7-28-29-17)18(11)19-16(24)6-14-21(20(19)25)26-10-27-22(14)30-8-13(3)31(23(32)33)9-12(30)2/h4-7,10,12-13H,8-9H2,1-3H3,(H,28,29)(H,32,33). The minimum Gasteiger partial charge on any atom is -0.465 e. The first-order valence-electron chi connectivity index (χ1n) is 10.6. The summed E-state index contributed by atoms with van der Waals surface area (Å²) >= 11 is 6.69. The summed E-state index contributed by atoms with van der Waals surface area (Å²) in [6, 6.07) is 5.09. The molecule has 0 bridgehead atoms. The number of aromatic nitrogens is 4. The smallest absolute Gasteiger partial charge is 0.407 e. The Labute approximate surface area is 194 Å². The predicted molar refractivity (Wildman–Crippen MR) is 125 cm³/mol. The number of benzene rings is 2. The van der Waals surface area contributed by atoms with Crippen LogP contribution in [0.25, 0.3) is 32.9 Å². The number of anilines is 1. The van der Waals surface area contributed by atoms with E-state index in [0.717, 1.165) is 16.5 Å². The van der Waals surface area contributed by atoms with E-state index in [9.17, 15) is 9.90 Å². The maximum atomic E-state index is 16.0. The number of carboxylic acid groups (broad SMARTS) is 1. The van der Waals surface area contributed by atoms with Crippen molar-refractivity contribution in [3.05, 3.63) is 47.1 Å². The van der Waals surface area contributed by atoms with E-state index in [0.29, 0.717) is 29.9 Å². The SMILES string of the molecule is Cc1ccc2[nH]ncc2c1-c1c(Cl)cc2c(N3CC(C)N(C(=O)O)CC3C)ncnc2c1F. The molecule has 2 unspecified atom stereocenters. The van der Waals surface area contributed by atoms with Gasteiger partial charge < -0.3 is 14.9 Å². The van der Waals surface area contributed by atoms with Crippen LogP contribution in [0.15, 0.2) is 30.7 Å². The van der Waals surface area contributed by atoms with Crippen molar-refractivity contribution in [2.45, 2.75) is 32.9 Å². The van der Waals surface area contributed by atoms with Crippen LogP contribution in [0.1, 0.15) is 19.4 Å². The molecule has 1 aliphatic rings. The molecule has 1 saturated heterocycles. The quantitative estimate of drug-likeness (QED) is 0.436. The van der Waals surface area contributed by atoms with Gasteiger partial charge in [-0.15, -0.1) is 0 Å². The van der Waals surface area contributed by atoms with Gasteiger partial charge in [0.2, 0.25) is 0 Å². The number of halogens is 2. The summed E-state index contributed by atoms with van der Waals surface area (Å²) < 4.78 is 16.0. The van der Waals surface area contributed by atoms with Gasteiger partial charge in [-0.2, -0.15) is 5.10 Å². The molecule has 0 saturated carbocycles. The molecule has 1 aliphatic heterocycles. The van der Waals surface area contributed by atoms with E-state index in [-0.39, 0.29) is 28.2 Å². The zero-order valence-electron chi connectivity index (χ0n) is 18.3. The molecule has 0 radical (unpaired) electrons. The molecule has 2 aromatic carbocycles. The minimum atomic E-state index is -0.955. The number of nitrogens with one attached hydrogen (secondary N) is 1. The van der Waals surface area contributed by atoms with Crippen LogP contribution in [0.2, 0.25) is 5.02 Å². The van der Waals surface area contributed by atoms with E-state index in [2.05, 4.69) is 20.2 Å². The van der Waals surface area contributed by atoms with Crippen molar-refractivity contribution in [2.75, 3.05) is 18.0 Å². The number of piperazine rings is 1. The number of nitrogens with zero attached hydrogens (tertiary/aromatic N) is 5. The Hall–Kier alpha value is -3.46. The van der Waals surface area contributed by atoms with Crippen molar-refractivity contribution in [1.29, 1.82) is 0 Å². The lowest BCUT2D eigenvalue weighted by atomic mass is 9.95. The number of rotatable bonds is 2. The molecule has 2 atom stereocenters. The predicted octanol–water partition coefficient (Wildman–Crippen LogP) is 4.85. The first-order chi connectivity index (χ1) is 15.8. The van der Waals surface area contributed by atoms with Crippen molar-refractivity contribution in [1.82, 2.24) is 25.1 Å². The van der Waals surface area contributed by atoms with Gasteiger partial charge in [-0.1, -0.05) is 17.7 Å². The van der Waals surface area contributed by atoms with Crippen LogP contribution >= 0.6 is 11.6 Å². The number of carbonyl (C=O) groups is 1. The topological polar surface area (TPSA) is 98.2 Å². The molecule has 3 heterocycles. The van der Waals surface area contributed by atoms with Crippen LogP contribution in [-0.2, 0) is 0 Å². The first kappa shape index (κ1) is 21.4. The summed E-state index contributed by atoms with van der Waals surface area (Å²) in [5, 5.41) is 18.0. The van der Waals surface area contributed by atoms with Gasteiger partial charge in [0, 0.05) is 47.1 Å². The molecule has 1 fully saturated rings. The number of aromatic amines is 1. The molecule has 33 heavy (non-hydrogen) atoms. The molecule has 4 aromatic rings. The minimum absolute atomic E-state index is 0.154. The lowest BCUT2D eigenvalue weighted by molar-refractivity contribution is 0.114. The maximum Gasteiger partial charge on any atom is 0.407 e. The highest BCUT2D eigenvalue weighted by molar-refractivity contribution is 6.35. The zero-order valence-corrected chi connectivity index (χ0v) is 19.1. The van der Waals surface area contributed by atoms with E-state index in [4.69, 9.17) is 11.6 Å². The number of H-pyrrole nitrogens is 1. The van der Waals surface area contributed by atoms with Gasteiger partial charge in [-0.25, -0.2) is 19.2 Å². The second-order valence-corrected chi connectivity index (χ2v) is 8.92. The third kappa shape index (κ3) is 3.34. The summed E-state index contributed by atoms with van der Waals surface area (Å²) in [7, 11) is 0. The van der Waals surface area contributed by atoms with E-state index in [1.165, 1.54) is 11.2 Å². The lowest BCUT2D eigenvalue weighted by Gasteiger charge is -2.43. The van der Waals surface area contributed by atoms with E-state index < -0.39 is 11.9 Å². The maximum absolute atomic E-state index is 16.0. The molecular formula is C23H22ClFN6O2. The van der Waals surface area contributed by atoms with E-state index >= 15 is 4.39 Å². The largest absolute Gasteiger partial charge is 0.465 e. The fraction of sp³-hybridized carbons (Fsp3) is 0.304. The molecule has 2 aromatic heterocycles. The molecule has 0 aliphatic carbocycles. The van der Waals surface area contributed by atoms with Crippen molar-refractivity contribution < 1.29 is 14.3 Å². The summed E-state index contributed by atoms with van der Waals surface area (Å²) in [5.74, 6) is 0.0119. The highest BCUT2D eigenvalue weighted by atomic mass is 35.5. The van der Waals surface area contributed by atoms with Gasteiger partial charge in [0.25, 0.3) is 0 Å². The third-order valence-electron chi connectivity index (χ3n) is 6.39. The van der Waals surface area contributed by atoms with Crippen LogP contribution in [0, 0.1) is 12.7 Å². The highest BCUT2D eigenvalue weighted by Crippen LogP contribution is 2.41. The molecule has 2 N–H and O–H groups in total. The Morgan fingerprint density at radius 3 is 2.73 bits per heavy atom. The van der Waals surface area contributed by atoms with Crippen LogP contribution in [-0.4, -0.2) is 61.4 Å². The number of fused-ring (bicyclic) bond motifs is 2. The highest BCUT2D eigenvalue weighted by Gasteiger charge is 2.34. The Balaban J connectivity index is 1.68. The first-order valence-corrected chi connectivity index (χ1v) is 11.0. The summed E-state index contributed by atoms with van der Waals surface area (Å²) in [5.41, 5.74) is 2.76. The monoisotopic (exact) mass is 468 g/mol. The second kappa shape index (κ2) is 7.84. The third-order valence-corrected chi connectivity index (χ3v) is 6.68. The van der Waals surface area contributed by atoms with Gasteiger partial charge in [0.1, 0.15) is 17.7 Å². The fourth-order valence-corrected chi connectivity index (χ4v) is 5.01. The van der Waals surface area contributed by atoms with E-state index in [1.54, 1.807) is 12.3 Å². The molecular weight excluding hydrogens is 447 g/mol. The summed E-state index contributed by atoms with van der Waals surface area (Å²) in [4.78, 5) is 23.6. The van der Waals surface area contributed by atoms with Crippen LogP contribution in [0.4, 0.5) is 15.0 Å². The van der Waals surface area contributed by atoms with Crippen molar-refractivity contribution in [2.24, 2.45) is 0 Å².